The zero-order chi connectivity index (χ0) is 15.9. The van der Waals surface area contributed by atoms with Gasteiger partial charge in [0, 0.05) is 32.3 Å². The second-order valence-electron chi connectivity index (χ2n) is 5.25. The molecule has 0 saturated carbocycles. The van der Waals surface area contributed by atoms with Crippen molar-refractivity contribution in [2.45, 2.75) is 44.7 Å². The van der Waals surface area contributed by atoms with Gasteiger partial charge in [-0.1, -0.05) is 32.9 Å². The Morgan fingerprint density at radius 2 is 1.86 bits per heavy atom. The Morgan fingerprint density at radius 3 is 2.33 bits per heavy atom. The Bertz CT molecular complexity index is 512. The normalized spacial score (nSPS) is 12.3. The van der Waals surface area contributed by atoms with Crippen molar-refractivity contribution in [2.24, 2.45) is 0 Å². The predicted octanol–water partition coefficient (Wildman–Crippen LogP) is 1.58. The minimum atomic E-state index is -3.47. The molecular weight excluding hydrogens is 288 g/mol. The van der Waals surface area contributed by atoms with E-state index < -0.39 is 10.0 Å². The third kappa shape index (κ3) is 5.39. The first kappa shape index (κ1) is 18.1. The molecule has 0 atom stereocenters. The average Bonchev–Trinajstić information content (AvgIpc) is 2.46. The molecule has 5 nitrogen and oxygen atoms in total. The number of hydrogen-bond donors (Lipinski definition) is 2. The van der Waals surface area contributed by atoms with E-state index in [0.717, 1.165) is 12.1 Å². The lowest BCUT2D eigenvalue weighted by atomic mass is 10.2. The van der Waals surface area contributed by atoms with Crippen LogP contribution in [0.4, 0.5) is 0 Å². The highest BCUT2D eigenvalue weighted by Crippen LogP contribution is 2.16. The molecule has 0 unspecified atom stereocenters. The van der Waals surface area contributed by atoms with Crippen LogP contribution < -0.4 is 5.32 Å². The van der Waals surface area contributed by atoms with E-state index in [1.165, 1.54) is 4.31 Å². The van der Waals surface area contributed by atoms with Gasteiger partial charge in [0.15, 0.2) is 0 Å². The van der Waals surface area contributed by atoms with Crippen LogP contribution in [-0.2, 0) is 16.6 Å². The first-order valence-corrected chi connectivity index (χ1v) is 8.79. The largest absolute Gasteiger partial charge is 0.396 e. The van der Waals surface area contributed by atoms with Gasteiger partial charge in [-0.05, 0) is 24.1 Å². The van der Waals surface area contributed by atoms with Gasteiger partial charge < -0.3 is 10.4 Å². The van der Waals surface area contributed by atoms with Crippen molar-refractivity contribution in [3.8, 4) is 0 Å². The van der Waals surface area contributed by atoms with Crippen molar-refractivity contribution in [1.82, 2.24) is 9.62 Å². The molecular formula is C15H26N2O3S. The van der Waals surface area contributed by atoms with Gasteiger partial charge in [0.1, 0.15) is 0 Å². The van der Waals surface area contributed by atoms with Crippen molar-refractivity contribution in [2.75, 3.05) is 19.7 Å². The van der Waals surface area contributed by atoms with E-state index in [2.05, 4.69) is 19.2 Å². The molecule has 0 heterocycles. The molecule has 0 spiro atoms. The third-order valence-corrected chi connectivity index (χ3v) is 5.18. The minimum Gasteiger partial charge on any atom is -0.396 e. The number of aliphatic hydroxyl groups excluding tert-OH is 1. The molecule has 0 amide bonds. The van der Waals surface area contributed by atoms with E-state index >= 15 is 0 Å². The summed E-state index contributed by atoms with van der Waals surface area (Å²) < 4.78 is 26.3. The molecule has 0 bridgehead atoms. The third-order valence-electron chi connectivity index (χ3n) is 3.19. The maximum Gasteiger partial charge on any atom is 0.243 e. The fourth-order valence-electron chi connectivity index (χ4n) is 1.95. The lowest BCUT2D eigenvalue weighted by Gasteiger charge is -2.20. The standard InChI is InChI=1S/C15H26N2O3S/c1-4-17(10-5-11-18)21(19,20)15-8-6-14(7-9-15)12-16-13(2)3/h6-9,13,16,18H,4-5,10-12H2,1-3H3. The Hall–Kier alpha value is -0.950. The van der Waals surface area contributed by atoms with E-state index in [9.17, 15) is 8.42 Å². The summed E-state index contributed by atoms with van der Waals surface area (Å²) in [6.45, 7) is 7.39. The zero-order valence-corrected chi connectivity index (χ0v) is 13.9. The number of nitrogens with zero attached hydrogens (tertiary/aromatic N) is 1. The van der Waals surface area contributed by atoms with Crippen LogP contribution in [0.3, 0.4) is 0 Å². The summed E-state index contributed by atoms with van der Waals surface area (Å²) in [4.78, 5) is 0.301. The average molecular weight is 314 g/mol. The summed E-state index contributed by atoms with van der Waals surface area (Å²) in [5, 5.41) is 12.2. The lowest BCUT2D eigenvalue weighted by molar-refractivity contribution is 0.271. The molecule has 120 valence electrons. The van der Waals surface area contributed by atoms with Crippen molar-refractivity contribution in [1.29, 1.82) is 0 Å². The Morgan fingerprint density at radius 1 is 1.24 bits per heavy atom. The molecule has 1 aromatic carbocycles. The number of nitrogens with one attached hydrogen (secondary N) is 1. The number of rotatable bonds is 9. The summed E-state index contributed by atoms with van der Waals surface area (Å²) in [6, 6.07) is 7.36. The second kappa shape index (κ2) is 8.48. The number of benzene rings is 1. The van der Waals surface area contributed by atoms with Gasteiger partial charge in [0.2, 0.25) is 10.0 Å². The van der Waals surface area contributed by atoms with Crippen LogP contribution in [0.5, 0.6) is 0 Å². The molecule has 0 aliphatic carbocycles. The van der Waals surface area contributed by atoms with Crippen LogP contribution in [0.15, 0.2) is 29.2 Å². The van der Waals surface area contributed by atoms with E-state index in [1.54, 1.807) is 19.1 Å². The van der Waals surface area contributed by atoms with Crippen LogP contribution in [0.25, 0.3) is 0 Å². The van der Waals surface area contributed by atoms with Crippen LogP contribution in [-0.4, -0.2) is 43.6 Å². The molecule has 0 fully saturated rings. The van der Waals surface area contributed by atoms with E-state index in [-0.39, 0.29) is 6.61 Å². The number of aliphatic hydroxyl groups is 1. The Kier molecular flexibility index (Phi) is 7.31. The van der Waals surface area contributed by atoms with Crippen LogP contribution in [0.2, 0.25) is 0 Å². The van der Waals surface area contributed by atoms with Crippen LogP contribution in [0, 0.1) is 0 Å². The molecule has 1 aromatic rings. The fraction of sp³-hybridized carbons (Fsp3) is 0.600. The molecule has 2 N–H and O–H groups in total. The predicted molar refractivity (Wildman–Crippen MR) is 84.6 cm³/mol. The Balaban J connectivity index is 2.83. The molecule has 0 radical (unpaired) electrons. The van der Waals surface area contributed by atoms with Crippen molar-refractivity contribution >= 4 is 10.0 Å². The molecule has 6 heteroatoms. The maximum absolute atomic E-state index is 12.5. The second-order valence-corrected chi connectivity index (χ2v) is 7.19. The molecule has 0 saturated heterocycles. The van der Waals surface area contributed by atoms with E-state index in [4.69, 9.17) is 5.11 Å². The van der Waals surface area contributed by atoms with E-state index in [1.807, 2.05) is 12.1 Å². The monoisotopic (exact) mass is 314 g/mol. The quantitative estimate of drug-likeness (QED) is 0.726. The zero-order valence-electron chi connectivity index (χ0n) is 13.0. The summed E-state index contributed by atoms with van der Waals surface area (Å²) in [5.41, 5.74) is 1.06. The smallest absolute Gasteiger partial charge is 0.243 e. The first-order chi connectivity index (χ1) is 9.91. The van der Waals surface area contributed by atoms with Gasteiger partial charge in [-0.2, -0.15) is 4.31 Å². The summed E-state index contributed by atoms with van der Waals surface area (Å²) >= 11 is 0. The summed E-state index contributed by atoms with van der Waals surface area (Å²) in [5.74, 6) is 0. The number of sulfonamides is 1. The highest BCUT2D eigenvalue weighted by Gasteiger charge is 2.22. The van der Waals surface area contributed by atoms with Crippen molar-refractivity contribution in [3.63, 3.8) is 0 Å². The van der Waals surface area contributed by atoms with Gasteiger partial charge in [-0.25, -0.2) is 8.42 Å². The number of hydrogen-bond acceptors (Lipinski definition) is 4. The summed E-state index contributed by atoms with van der Waals surface area (Å²) in [7, 11) is -3.47. The van der Waals surface area contributed by atoms with Crippen LogP contribution in [0.1, 0.15) is 32.8 Å². The first-order valence-electron chi connectivity index (χ1n) is 7.35. The van der Waals surface area contributed by atoms with Gasteiger partial charge in [0.05, 0.1) is 4.90 Å². The van der Waals surface area contributed by atoms with Crippen LogP contribution >= 0.6 is 0 Å². The van der Waals surface area contributed by atoms with Gasteiger partial charge in [-0.15, -0.1) is 0 Å². The SMILES string of the molecule is CCN(CCCO)S(=O)(=O)c1ccc(CNC(C)C)cc1. The Labute approximate surface area is 128 Å². The fourth-order valence-corrected chi connectivity index (χ4v) is 3.43. The minimum absolute atomic E-state index is 0.00811. The van der Waals surface area contributed by atoms with Crippen molar-refractivity contribution < 1.29 is 13.5 Å². The highest BCUT2D eigenvalue weighted by molar-refractivity contribution is 7.89. The summed E-state index contributed by atoms with van der Waals surface area (Å²) in [6.07, 6.45) is 0.448. The molecule has 0 aliphatic heterocycles. The van der Waals surface area contributed by atoms with Gasteiger partial charge in [-0.3, -0.25) is 0 Å². The molecule has 1 rings (SSSR count). The lowest BCUT2D eigenvalue weighted by Crippen LogP contribution is -2.32. The molecule has 0 aliphatic rings. The van der Waals surface area contributed by atoms with Gasteiger partial charge >= 0.3 is 0 Å². The van der Waals surface area contributed by atoms with E-state index in [0.29, 0.717) is 30.4 Å². The maximum atomic E-state index is 12.5. The molecule has 0 aromatic heterocycles. The van der Waals surface area contributed by atoms with Crippen molar-refractivity contribution in [3.05, 3.63) is 29.8 Å². The highest BCUT2D eigenvalue weighted by atomic mass is 32.2. The molecule has 21 heavy (non-hydrogen) atoms. The van der Waals surface area contributed by atoms with Gasteiger partial charge in [0.25, 0.3) is 0 Å². The topological polar surface area (TPSA) is 69.6 Å².